The Morgan fingerprint density at radius 1 is 1.44 bits per heavy atom. The zero-order valence-electron chi connectivity index (χ0n) is 9.10. The largest absolute Gasteiger partial charge is 0.508 e. The molecule has 0 unspecified atom stereocenters. The second-order valence-electron chi connectivity index (χ2n) is 3.96. The molecule has 0 atom stereocenters. The second kappa shape index (κ2) is 4.43. The lowest BCUT2D eigenvalue weighted by atomic mass is 10.2. The van der Waals surface area contributed by atoms with E-state index in [2.05, 4.69) is 4.74 Å². The fourth-order valence-corrected chi connectivity index (χ4v) is 1.40. The summed E-state index contributed by atoms with van der Waals surface area (Å²) < 4.78 is 10.1. The number of hydrogen-bond acceptors (Lipinski definition) is 4. The van der Waals surface area contributed by atoms with Gasteiger partial charge in [0.2, 0.25) is 0 Å². The van der Waals surface area contributed by atoms with Crippen LogP contribution < -0.4 is 4.74 Å². The lowest BCUT2D eigenvalue weighted by Gasteiger charge is -2.07. The van der Waals surface area contributed by atoms with Crippen molar-refractivity contribution in [2.75, 3.05) is 13.7 Å². The molecule has 1 N–H and O–H groups in total. The van der Waals surface area contributed by atoms with Crippen molar-refractivity contribution in [3.63, 3.8) is 0 Å². The molecular weight excluding hydrogens is 208 g/mol. The van der Waals surface area contributed by atoms with Gasteiger partial charge in [0.15, 0.2) is 0 Å². The zero-order valence-corrected chi connectivity index (χ0v) is 9.10. The van der Waals surface area contributed by atoms with Crippen molar-refractivity contribution in [1.82, 2.24) is 0 Å². The predicted molar refractivity (Wildman–Crippen MR) is 57.7 cm³/mol. The smallest absolute Gasteiger partial charge is 0.338 e. The third-order valence-corrected chi connectivity index (χ3v) is 2.50. The quantitative estimate of drug-likeness (QED) is 0.791. The van der Waals surface area contributed by atoms with Crippen LogP contribution in [-0.2, 0) is 4.74 Å². The van der Waals surface area contributed by atoms with E-state index in [1.54, 1.807) is 6.07 Å². The Bertz CT molecular complexity index is 396. The third-order valence-electron chi connectivity index (χ3n) is 2.50. The molecule has 0 bridgehead atoms. The zero-order chi connectivity index (χ0) is 11.5. The average molecular weight is 222 g/mol. The van der Waals surface area contributed by atoms with Gasteiger partial charge >= 0.3 is 5.97 Å². The Labute approximate surface area is 93.8 Å². The van der Waals surface area contributed by atoms with E-state index in [0.717, 1.165) is 0 Å². The number of ether oxygens (including phenoxy) is 2. The fraction of sp³-hybridized carbons (Fsp3) is 0.417. The summed E-state index contributed by atoms with van der Waals surface area (Å²) in [7, 11) is 1.30. The fourth-order valence-electron chi connectivity index (χ4n) is 1.40. The molecule has 0 aliphatic heterocycles. The van der Waals surface area contributed by atoms with Gasteiger partial charge < -0.3 is 14.6 Å². The van der Waals surface area contributed by atoms with Crippen molar-refractivity contribution in [1.29, 1.82) is 0 Å². The summed E-state index contributed by atoms with van der Waals surface area (Å²) >= 11 is 0. The van der Waals surface area contributed by atoms with Crippen LogP contribution in [0.15, 0.2) is 18.2 Å². The van der Waals surface area contributed by atoms with E-state index in [0.29, 0.717) is 23.8 Å². The van der Waals surface area contributed by atoms with Crippen molar-refractivity contribution in [2.45, 2.75) is 12.8 Å². The number of benzene rings is 1. The molecule has 4 heteroatoms. The molecule has 86 valence electrons. The standard InChI is InChI=1S/C12H14O4/c1-15-12(14)9-4-10(13)6-11(5-9)16-7-8-2-3-8/h4-6,8,13H,2-3,7H2,1H3. The minimum Gasteiger partial charge on any atom is -0.508 e. The molecule has 0 heterocycles. The van der Waals surface area contributed by atoms with Gasteiger partial charge in [-0.15, -0.1) is 0 Å². The van der Waals surface area contributed by atoms with Crippen LogP contribution in [0.5, 0.6) is 11.5 Å². The van der Waals surface area contributed by atoms with Crippen LogP contribution in [0.25, 0.3) is 0 Å². The van der Waals surface area contributed by atoms with E-state index in [1.165, 1.54) is 32.1 Å². The van der Waals surface area contributed by atoms with E-state index in [4.69, 9.17) is 4.74 Å². The van der Waals surface area contributed by atoms with Gasteiger partial charge in [0.25, 0.3) is 0 Å². The molecule has 0 amide bonds. The van der Waals surface area contributed by atoms with E-state index in [1.807, 2.05) is 0 Å². The van der Waals surface area contributed by atoms with Gasteiger partial charge in [-0.1, -0.05) is 0 Å². The van der Waals surface area contributed by atoms with Gasteiger partial charge in [0.1, 0.15) is 11.5 Å². The number of rotatable bonds is 4. The first-order chi connectivity index (χ1) is 7.69. The maximum absolute atomic E-state index is 11.3. The minimum atomic E-state index is -0.479. The monoisotopic (exact) mass is 222 g/mol. The molecule has 0 spiro atoms. The molecule has 2 rings (SSSR count). The molecule has 1 fully saturated rings. The highest BCUT2D eigenvalue weighted by Gasteiger charge is 2.22. The van der Waals surface area contributed by atoms with Gasteiger partial charge in [-0.25, -0.2) is 4.79 Å². The Kier molecular flexibility index (Phi) is 2.99. The van der Waals surface area contributed by atoms with Gasteiger partial charge in [0.05, 0.1) is 19.3 Å². The first kappa shape index (κ1) is 10.8. The SMILES string of the molecule is COC(=O)c1cc(O)cc(OCC2CC2)c1. The summed E-state index contributed by atoms with van der Waals surface area (Å²) in [5.41, 5.74) is 0.299. The normalized spacial score (nSPS) is 14.6. The number of aromatic hydroxyl groups is 1. The van der Waals surface area contributed by atoms with Crippen molar-refractivity contribution >= 4 is 5.97 Å². The summed E-state index contributed by atoms with van der Waals surface area (Å²) in [6.07, 6.45) is 2.39. The van der Waals surface area contributed by atoms with Crippen LogP contribution in [0.3, 0.4) is 0 Å². The molecule has 0 radical (unpaired) electrons. The van der Waals surface area contributed by atoms with Gasteiger partial charge in [-0.2, -0.15) is 0 Å². The molecule has 1 aliphatic carbocycles. The van der Waals surface area contributed by atoms with Crippen LogP contribution in [0.2, 0.25) is 0 Å². The topological polar surface area (TPSA) is 55.8 Å². The number of esters is 1. The Morgan fingerprint density at radius 3 is 2.81 bits per heavy atom. The Hall–Kier alpha value is -1.71. The van der Waals surface area contributed by atoms with E-state index >= 15 is 0 Å². The van der Waals surface area contributed by atoms with E-state index in [9.17, 15) is 9.90 Å². The van der Waals surface area contributed by atoms with Crippen LogP contribution in [0.4, 0.5) is 0 Å². The molecule has 0 aromatic heterocycles. The summed E-state index contributed by atoms with van der Waals surface area (Å²) in [5, 5.41) is 9.43. The first-order valence-electron chi connectivity index (χ1n) is 5.24. The number of carbonyl (C=O) groups is 1. The molecule has 1 aromatic carbocycles. The van der Waals surface area contributed by atoms with E-state index in [-0.39, 0.29) is 5.75 Å². The van der Waals surface area contributed by atoms with Crippen molar-refractivity contribution in [3.05, 3.63) is 23.8 Å². The summed E-state index contributed by atoms with van der Waals surface area (Å²) in [6, 6.07) is 4.43. The first-order valence-corrected chi connectivity index (χ1v) is 5.24. The maximum Gasteiger partial charge on any atom is 0.338 e. The van der Waals surface area contributed by atoms with Crippen LogP contribution in [0, 0.1) is 5.92 Å². The number of carbonyl (C=O) groups excluding carboxylic acids is 1. The molecular formula is C12H14O4. The number of hydrogen-bond donors (Lipinski definition) is 1. The van der Waals surface area contributed by atoms with Crippen molar-refractivity contribution in [3.8, 4) is 11.5 Å². The van der Waals surface area contributed by atoms with Crippen LogP contribution in [-0.4, -0.2) is 24.8 Å². The lowest BCUT2D eigenvalue weighted by molar-refractivity contribution is 0.0599. The third kappa shape index (κ3) is 2.66. The minimum absolute atomic E-state index is 0.00805. The molecule has 1 aromatic rings. The van der Waals surface area contributed by atoms with Gasteiger partial charge in [-0.3, -0.25) is 0 Å². The maximum atomic E-state index is 11.3. The lowest BCUT2D eigenvalue weighted by Crippen LogP contribution is -2.03. The average Bonchev–Trinajstić information content (AvgIpc) is 3.08. The highest BCUT2D eigenvalue weighted by atomic mass is 16.5. The summed E-state index contributed by atoms with van der Waals surface area (Å²) in [6.45, 7) is 0.643. The predicted octanol–water partition coefficient (Wildman–Crippen LogP) is 1.97. The number of phenolic OH excluding ortho intramolecular Hbond substituents is 1. The highest BCUT2D eigenvalue weighted by Crippen LogP contribution is 2.30. The molecule has 1 saturated carbocycles. The second-order valence-corrected chi connectivity index (χ2v) is 3.96. The summed E-state index contributed by atoms with van der Waals surface area (Å²) in [5.74, 6) is 0.664. The van der Waals surface area contributed by atoms with E-state index < -0.39 is 5.97 Å². The highest BCUT2D eigenvalue weighted by molar-refractivity contribution is 5.90. The van der Waals surface area contributed by atoms with Crippen molar-refractivity contribution in [2.24, 2.45) is 5.92 Å². The van der Waals surface area contributed by atoms with Crippen molar-refractivity contribution < 1.29 is 19.4 Å². The molecule has 1 aliphatic rings. The summed E-state index contributed by atoms with van der Waals surface area (Å²) in [4.78, 5) is 11.3. The Balaban J connectivity index is 2.10. The molecule has 0 saturated heterocycles. The number of phenols is 1. The van der Waals surface area contributed by atoms with Gasteiger partial charge in [0, 0.05) is 6.07 Å². The Morgan fingerprint density at radius 2 is 2.19 bits per heavy atom. The molecule has 4 nitrogen and oxygen atoms in total. The molecule has 16 heavy (non-hydrogen) atoms. The number of methoxy groups -OCH3 is 1. The van der Waals surface area contributed by atoms with Gasteiger partial charge in [-0.05, 0) is 30.9 Å². The van der Waals surface area contributed by atoms with Crippen LogP contribution in [0.1, 0.15) is 23.2 Å². The van der Waals surface area contributed by atoms with Crippen LogP contribution >= 0.6 is 0 Å².